The van der Waals surface area contributed by atoms with Crippen molar-refractivity contribution in [3.05, 3.63) is 95.6 Å². The van der Waals surface area contributed by atoms with Gasteiger partial charge in [0.2, 0.25) is 0 Å². The molecule has 1 heterocycles. The highest BCUT2D eigenvalue weighted by atomic mass is 79.9. The van der Waals surface area contributed by atoms with Crippen LogP contribution < -0.4 is 15.0 Å². The van der Waals surface area contributed by atoms with E-state index in [0.717, 1.165) is 10.9 Å². The lowest BCUT2D eigenvalue weighted by Gasteiger charge is -2.16. The van der Waals surface area contributed by atoms with Gasteiger partial charge in [-0.15, -0.1) is 0 Å². The molecule has 0 fully saturated rings. The Balaban J connectivity index is 1.76. The van der Waals surface area contributed by atoms with Gasteiger partial charge in [-0.05, 0) is 52.7 Å². The van der Waals surface area contributed by atoms with Crippen LogP contribution in [0.1, 0.15) is 43.1 Å². The number of benzene rings is 3. The maximum Gasteiger partial charge on any atom is 0.282 e. The Morgan fingerprint density at radius 1 is 1.22 bits per heavy atom. The molecule has 0 saturated carbocycles. The van der Waals surface area contributed by atoms with Crippen LogP contribution in [-0.2, 0) is 6.61 Å². The average Bonchev–Trinajstić information content (AvgIpc) is 2.90. The summed E-state index contributed by atoms with van der Waals surface area (Å²) >= 11 is 13.5. The molecule has 6 nitrogen and oxygen atoms in total. The third-order valence-electron chi connectivity index (χ3n) is 5.90. The fourth-order valence-electron chi connectivity index (χ4n) is 3.65. The topological polar surface area (TPSA) is 65.7 Å². The van der Waals surface area contributed by atoms with Crippen molar-refractivity contribution in [1.82, 2.24) is 9.66 Å². The van der Waals surface area contributed by atoms with E-state index in [-0.39, 0.29) is 34.7 Å². The van der Waals surface area contributed by atoms with Gasteiger partial charge >= 0.3 is 0 Å². The second-order valence-corrected chi connectivity index (χ2v) is 10.4. The van der Waals surface area contributed by atoms with E-state index in [4.69, 9.17) is 26.1 Å². The monoisotopic (exact) mass is 649 g/mol. The molecule has 0 spiro atoms. The van der Waals surface area contributed by atoms with Crippen LogP contribution in [0.5, 0.6) is 11.5 Å². The molecule has 37 heavy (non-hydrogen) atoms. The number of ether oxygens (including phenoxy) is 2. The molecule has 0 N–H and O–H groups in total. The fraction of sp³-hybridized carbons (Fsp3) is 0.222. The van der Waals surface area contributed by atoms with Gasteiger partial charge in [-0.1, -0.05) is 59.6 Å². The molecule has 4 aromatic rings. The largest absolute Gasteiger partial charge is 0.493 e. The first kappa shape index (κ1) is 27.3. The number of halogens is 4. The lowest BCUT2D eigenvalue weighted by molar-refractivity contribution is 0.279. The van der Waals surface area contributed by atoms with Crippen LogP contribution >= 0.6 is 43.5 Å². The summed E-state index contributed by atoms with van der Waals surface area (Å²) in [6.45, 7) is 3.99. The Morgan fingerprint density at radius 3 is 2.68 bits per heavy atom. The normalized spacial score (nSPS) is 12.3. The molecular formula is C27H23Br2ClFN3O3. The van der Waals surface area contributed by atoms with Crippen molar-refractivity contribution < 1.29 is 13.9 Å². The molecule has 0 saturated heterocycles. The van der Waals surface area contributed by atoms with Crippen molar-refractivity contribution in [3.63, 3.8) is 0 Å². The predicted octanol–water partition coefficient (Wildman–Crippen LogP) is 7.70. The zero-order chi connectivity index (χ0) is 26.7. The highest BCUT2D eigenvalue weighted by Gasteiger charge is 2.19. The summed E-state index contributed by atoms with van der Waals surface area (Å²) in [4.78, 5) is 18.1. The summed E-state index contributed by atoms with van der Waals surface area (Å²) < 4.78 is 27.9. The molecule has 0 aliphatic heterocycles. The van der Waals surface area contributed by atoms with Crippen LogP contribution in [0.2, 0.25) is 5.02 Å². The summed E-state index contributed by atoms with van der Waals surface area (Å²) in [6.07, 6.45) is 2.29. The quantitative estimate of drug-likeness (QED) is 0.183. The first-order valence-electron chi connectivity index (χ1n) is 11.4. The van der Waals surface area contributed by atoms with E-state index in [2.05, 4.69) is 37.0 Å². The van der Waals surface area contributed by atoms with E-state index in [1.807, 2.05) is 26.0 Å². The van der Waals surface area contributed by atoms with Gasteiger partial charge in [0.1, 0.15) is 23.3 Å². The number of nitrogens with zero attached hydrogens (tertiary/aromatic N) is 3. The molecule has 0 amide bonds. The smallest absolute Gasteiger partial charge is 0.282 e. The van der Waals surface area contributed by atoms with Crippen LogP contribution in [0, 0.1) is 5.82 Å². The predicted molar refractivity (Wildman–Crippen MR) is 152 cm³/mol. The Kier molecular flexibility index (Phi) is 8.67. The number of rotatable bonds is 8. The molecule has 0 aliphatic carbocycles. The molecule has 10 heteroatoms. The SMILES string of the molecule is CC[C@@H](C)c1nc2ccc(Br)cc2c(=O)n1N=Cc1cc(OC)c(OCc2ccccc2F)c(Cl)c1Br. The molecule has 3 aromatic carbocycles. The van der Waals surface area contributed by atoms with Crippen LogP contribution in [0.4, 0.5) is 4.39 Å². The van der Waals surface area contributed by atoms with Crippen molar-refractivity contribution >= 4 is 60.6 Å². The molecule has 0 bridgehead atoms. The highest BCUT2D eigenvalue weighted by Crippen LogP contribution is 2.42. The molecule has 4 rings (SSSR count). The van der Waals surface area contributed by atoms with Crippen LogP contribution in [0.15, 0.2) is 67.4 Å². The van der Waals surface area contributed by atoms with E-state index in [1.165, 1.54) is 24.1 Å². The molecular weight excluding hydrogens is 629 g/mol. The molecule has 1 atom stereocenters. The molecule has 0 unspecified atom stereocenters. The molecule has 0 aliphatic rings. The summed E-state index contributed by atoms with van der Waals surface area (Å²) in [5.74, 6) is 0.761. The molecule has 1 aromatic heterocycles. The maximum atomic E-state index is 14.0. The second kappa shape index (κ2) is 11.8. The van der Waals surface area contributed by atoms with Gasteiger partial charge in [-0.3, -0.25) is 4.79 Å². The Morgan fingerprint density at radius 2 is 1.97 bits per heavy atom. The summed E-state index contributed by atoms with van der Waals surface area (Å²) in [7, 11) is 1.48. The Bertz CT molecular complexity index is 1560. The second-order valence-electron chi connectivity index (χ2n) is 8.31. The summed E-state index contributed by atoms with van der Waals surface area (Å²) in [5.41, 5.74) is 1.26. The van der Waals surface area contributed by atoms with Gasteiger partial charge in [0.25, 0.3) is 5.56 Å². The highest BCUT2D eigenvalue weighted by molar-refractivity contribution is 9.10. The van der Waals surface area contributed by atoms with Gasteiger partial charge < -0.3 is 9.47 Å². The number of aromatic nitrogens is 2. The minimum atomic E-state index is -0.376. The van der Waals surface area contributed by atoms with Gasteiger partial charge in [0.15, 0.2) is 11.5 Å². The third-order valence-corrected chi connectivity index (χ3v) is 7.84. The van der Waals surface area contributed by atoms with E-state index in [1.54, 1.807) is 30.3 Å². The standard InChI is InChI=1S/C27H23Br2ClFN3O3/c1-4-15(2)26-33-21-10-9-18(28)12-19(21)27(35)34(26)32-13-17-11-22(36-3)25(24(30)23(17)29)37-14-16-7-5-6-8-20(16)31/h5-13,15H,4,14H2,1-3H3/t15-/m1/s1. The Hall–Kier alpha value is -2.75. The van der Waals surface area contributed by atoms with Crippen LogP contribution in [0.3, 0.4) is 0 Å². The fourth-order valence-corrected chi connectivity index (χ4v) is 4.66. The molecule has 192 valence electrons. The number of hydrogen-bond acceptors (Lipinski definition) is 5. The van der Waals surface area contributed by atoms with Crippen LogP contribution in [-0.4, -0.2) is 23.0 Å². The third kappa shape index (κ3) is 5.73. The molecule has 0 radical (unpaired) electrons. The minimum absolute atomic E-state index is 0.00591. The van der Waals surface area contributed by atoms with Gasteiger partial charge in [-0.2, -0.15) is 9.78 Å². The maximum absolute atomic E-state index is 14.0. The zero-order valence-corrected chi connectivity index (χ0v) is 24.2. The van der Waals surface area contributed by atoms with Crippen molar-refractivity contribution in [2.75, 3.05) is 7.11 Å². The summed E-state index contributed by atoms with van der Waals surface area (Å²) in [5, 5.41) is 5.18. The van der Waals surface area contributed by atoms with E-state index < -0.39 is 0 Å². The Labute approximate surface area is 235 Å². The van der Waals surface area contributed by atoms with Gasteiger partial charge in [0.05, 0.1) is 24.2 Å². The lowest BCUT2D eigenvalue weighted by atomic mass is 10.1. The average molecular weight is 652 g/mol. The lowest BCUT2D eigenvalue weighted by Crippen LogP contribution is -2.23. The van der Waals surface area contributed by atoms with E-state index in [9.17, 15) is 9.18 Å². The van der Waals surface area contributed by atoms with Crippen molar-refractivity contribution in [3.8, 4) is 11.5 Å². The van der Waals surface area contributed by atoms with Crippen molar-refractivity contribution in [1.29, 1.82) is 0 Å². The van der Waals surface area contributed by atoms with Crippen molar-refractivity contribution in [2.24, 2.45) is 5.10 Å². The van der Waals surface area contributed by atoms with E-state index in [0.29, 0.717) is 38.1 Å². The zero-order valence-electron chi connectivity index (χ0n) is 20.3. The first-order chi connectivity index (χ1) is 17.7. The van der Waals surface area contributed by atoms with Crippen LogP contribution in [0.25, 0.3) is 10.9 Å². The minimum Gasteiger partial charge on any atom is -0.493 e. The summed E-state index contributed by atoms with van der Waals surface area (Å²) in [6, 6.07) is 13.4. The number of hydrogen-bond donors (Lipinski definition) is 0. The van der Waals surface area contributed by atoms with Gasteiger partial charge in [0, 0.05) is 26.0 Å². The first-order valence-corrected chi connectivity index (χ1v) is 13.4. The number of fused-ring (bicyclic) bond motifs is 1. The van der Waals surface area contributed by atoms with Gasteiger partial charge in [-0.25, -0.2) is 9.37 Å². The number of methoxy groups -OCH3 is 1. The van der Waals surface area contributed by atoms with E-state index >= 15 is 0 Å². The van der Waals surface area contributed by atoms with Crippen molar-refractivity contribution in [2.45, 2.75) is 32.8 Å².